The average molecular weight is 374 g/mol. The summed E-state index contributed by atoms with van der Waals surface area (Å²) in [5, 5.41) is 8.22. The first kappa shape index (κ1) is 19.7. The summed E-state index contributed by atoms with van der Waals surface area (Å²) in [4.78, 5) is 23.6. The first-order valence-corrected chi connectivity index (χ1v) is 9.78. The minimum absolute atomic E-state index is 0.00293. The molecule has 3 rings (SSSR count). The minimum Gasteiger partial charge on any atom is -0.381 e. The van der Waals surface area contributed by atoms with E-state index in [-0.39, 0.29) is 11.8 Å². The van der Waals surface area contributed by atoms with Gasteiger partial charge in [0.05, 0.1) is 18.1 Å². The van der Waals surface area contributed by atoms with Gasteiger partial charge in [-0.05, 0) is 40.5 Å². The summed E-state index contributed by atoms with van der Waals surface area (Å²) in [5.74, 6) is 0.508. The number of carbonyl (C=O) groups is 1. The highest BCUT2D eigenvalue weighted by Crippen LogP contribution is 2.22. The number of aromatic nitrogens is 4. The molecule has 1 fully saturated rings. The molecule has 0 atom stereocenters. The van der Waals surface area contributed by atoms with Crippen molar-refractivity contribution in [2.75, 3.05) is 25.1 Å². The first-order chi connectivity index (χ1) is 13.0. The Balaban J connectivity index is 1.73. The monoisotopic (exact) mass is 374 g/mol. The Morgan fingerprint density at radius 3 is 2.63 bits per heavy atom. The third kappa shape index (κ3) is 4.62. The lowest BCUT2D eigenvalue weighted by Gasteiger charge is -2.30. The van der Waals surface area contributed by atoms with Gasteiger partial charge in [-0.25, -0.2) is 14.6 Å². The van der Waals surface area contributed by atoms with Gasteiger partial charge in [0.1, 0.15) is 12.1 Å². The molecular weight excluding hydrogens is 344 g/mol. The van der Waals surface area contributed by atoms with Crippen LogP contribution in [0.25, 0.3) is 11.0 Å². The van der Waals surface area contributed by atoms with E-state index in [0.717, 1.165) is 37.0 Å². The summed E-state index contributed by atoms with van der Waals surface area (Å²) in [5.41, 5.74) is 0.750. The van der Waals surface area contributed by atoms with Crippen LogP contribution < -0.4 is 5.32 Å². The Bertz CT molecular complexity index is 759. The van der Waals surface area contributed by atoms with Crippen LogP contribution in [0.1, 0.15) is 40.5 Å². The Labute approximate surface area is 160 Å². The van der Waals surface area contributed by atoms with Crippen molar-refractivity contribution < 1.29 is 9.53 Å². The number of fused-ring (bicyclic) bond motifs is 1. The van der Waals surface area contributed by atoms with Crippen LogP contribution >= 0.6 is 0 Å². The highest BCUT2D eigenvalue weighted by Gasteiger charge is 2.23. The Hall–Kier alpha value is -2.06. The molecule has 148 valence electrons. The van der Waals surface area contributed by atoms with E-state index in [1.54, 1.807) is 6.20 Å². The molecule has 0 radical (unpaired) electrons. The zero-order valence-corrected chi connectivity index (χ0v) is 16.7. The summed E-state index contributed by atoms with van der Waals surface area (Å²) in [6.45, 7) is 11.7. The smallest absolute Gasteiger partial charge is 0.228 e. The van der Waals surface area contributed by atoms with E-state index in [4.69, 9.17) is 4.74 Å². The molecule has 2 aromatic heterocycles. The van der Waals surface area contributed by atoms with E-state index in [0.29, 0.717) is 31.1 Å². The Morgan fingerprint density at radius 1 is 1.26 bits per heavy atom. The van der Waals surface area contributed by atoms with Gasteiger partial charge in [0, 0.05) is 37.8 Å². The van der Waals surface area contributed by atoms with Gasteiger partial charge in [0.25, 0.3) is 0 Å². The van der Waals surface area contributed by atoms with Crippen molar-refractivity contribution in [1.29, 1.82) is 0 Å². The van der Waals surface area contributed by atoms with Crippen LogP contribution in [0.5, 0.6) is 0 Å². The number of nitrogens with one attached hydrogen (secondary N) is 1. The molecule has 1 N–H and O–H groups in total. The highest BCUT2D eigenvalue weighted by atomic mass is 16.5. The molecule has 27 heavy (non-hydrogen) atoms. The Kier molecular flexibility index (Phi) is 6.38. The molecule has 3 heterocycles. The van der Waals surface area contributed by atoms with Crippen LogP contribution in [0.15, 0.2) is 12.5 Å². The van der Waals surface area contributed by atoms with Gasteiger partial charge in [-0.15, -0.1) is 0 Å². The van der Waals surface area contributed by atoms with E-state index in [1.165, 1.54) is 6.33 Å². The molecule has 1 aliphatic heterocycles. The normalized spacial score (nSPS) is 16.0. The van der Waals surface area contributed by atoms with E-state index < -0.39 is 0 Å². The molecule has 0 aliphatic carbocycles. The molecule has 0 spiro atoms. The highest BCUT2D eigenvalue weighted by molar-refractivity contribution is 5.99. The fraction of sp³-hybridized carbons (Fsp3) is 0.684. The van der Waals surface area contributed by atoms with Gasteiger partial charge in [-0.3, -0.25) is 9.69 Å². The van der Waals surface area contributed by atoms with Crippen molar-refractivity contribution in [2.24, 2.45) is 5.92 Å². The van der Waals surface area contributed by atoms with Gasteiger partial charge in [0.15, 0.2) is 5.65 Å². The molecular formula is C19H30N6O2. The molecule has 8 heteroatoms. The van der Waals surface area contributed by atoms with Crippen LogP contribution in [0.2, 0.25) is 0 Å². The third-order valence-electron chi connectivity index (χ3n) is 5.16. The molecule has 1 saturated heterocycles. The molecule has 0 aromatic carbocycles. The zero-order chi connectivity index (χ0) is 19.4. The first-order valence-electron chi connectivity index (χ1n) is 9.78. The second kappa shape index (κ2) is 8.75. The predicted molar refractivity (Wildman–Crippen MR) is 104 cm³/mol. The van der Waals surface area contributed by atoms with Gasteiger partial charge < -0.3 is 10.1 Å². The lowest BCUT2D eigenvalue weighted by atomic mass is 9.99. The summed E-state index contributed by atoms with van der Waals surface area (Å²) in [7, 11) is 0. The maximum atomic E-state index is 12.5. The van der Waals surface area contributed by atoms with Crippen LogP contribution in [0.3, 0.4) is 0 Å². The molecule has 1 amide bonds. The lowest BCUT2D eigenvalue weighted by molar-refractivity contribution is -0.122. The maximum absolute atomic E-state index is 12.5. The fourth-order valence-electron chi connectivity index (χ4n) is 3.66. The quantitative estimate of drug-likeness (QED) is 0.800. The van der Waals surface area contributed by atoms with Gasteiger partial charge >= 0.3 is 0 Å². The van der Waals surface area contributed by atoms with Crippen molar-refractivity contribution in [3.8, 4) is 0 Å². The largest absolute Gasteiger partial charge is 0.381 e. The number of carbonyl (C=O) groups excluding carboxylic acids is 1. The second-order valence-electron chi connectivity index (χ2n) is 7.63. The minimum atomic E-state index is -0.0237. The Morgan fingerprint density at radius 2 is 1.96 bits per heavy atom. The van der Waals surface area contributed by atoms with Crippen molar-refractivity contribution in [2.45, 2.75) is 59.2 Å². The topological polar surface area (TPSA) is 85.2 Å². The predicted octanol–water partition coefficient (Wildman–Crippen LogP) is 2.31. The van der Waals surface area contributed by atoms with Crippen LogP contribution in [0, 0.1) is 5.92 Å². The number of hydrogen-bond acceptors (Lipinski definition) is 6. The number of nitrogens with zero attached hydrogens (tertiary/aromatic N) is 5. The van der Waals surface area contributed by atoms with Crippen molar-refractivity contribution in [3.05, 3.63) is 12.5 Å². The second-order valence-corrected chi connectivity index (χ2v) is 7.63. The number of ether oxygens (including phenoxy) is 1. The molecule has 0 unspecified atom stereocenters. The standard InChI is InChI=1S/C19H30N6O2/c1-13(2)24(14(3)4)7-8-25-18-16(11-22-25)17(20-12-21-18)23-19(26)15-5-9-27-10-6-15/h11-15H,5-10H2,1-4H3,(H,20,21,23,26). The van der Waals surface area contributed by atoms with Crippen LogP contribution in [0.4, 0.5) is 5.82 Å². The van der Waals surface area contributed by atoms with Gasteiger partial charge in [-0.2, -0.15) is 5.10 Å². The van der Waals surface area contributed by atoms with Gasteiger partial charge in [0.2, 0.25) is 5.91 Å². The average Bonchev–Trinajstić information content (AvgIpc) is 3.06. The number of hydrogen-bond donors (Lipinski definition) is 1. The summed E-state index contributed by atoms with van der Waals surface area (Å²) >= 11 is 0. The third-order valence-corrected chi connectivity index (χ3v) is 5.16. The van der Waals surface area contributed by atoms with Crippen LogP contribution in [-0.2, 0) is 16.1 Å². The fourth-order valence-corrected chi connectivity index (χ4v) is 3.66. The molecule has 2 aromatic rings. The van der Waals surface area contributed by atoms with Crippen molar-refractivity contribution >= 4 is 22.8 Å². The summed E-state index contributed by atoms with van der Waals surface area (Å²) < 4.78 is 7.22. The number of rotatable bonds is 7. The molecule has 0 bridgehead atoms. The SMILES string of the molecule is CC(C)N(CCn1ncc2c(NC(=O)C3CCOCC3)ncnc21)C(C)C. The molecule has 0 saturated carbocycles. The van der Waals surface area contributed by atoms with Crippen LogP contribution in [-0.4, -0.2) is 62.4 Å². The van der Waals surface area contributed by atoms with Crippen molar-refractivity contribution in [1.82, 2.24) is 24.6 Å². The van der Waals surface area contributed by atoms with Crippen molar-refractivity contribution in [3.63, 3.8) is 0 Å². The molecule has 8 nitrogen and oxygen atoms in total. The van der Waals surface area contributed by atoms with E-state index >= 15 is 0 Å². The van der Waals surface area contributed by atoms with E-state index in [9.17, 15) is 4.79 Å². The number of anilines is 1. The maximum Gasteiger partial charge on any atom is 0.228 e. The van der Waals surface area contributed by atoms with Gasteiger partial charge in [-0.1, -0.05) is 0 Å². The molecule has 1 aliphatic rings. The summed E-state index contributed by atoms with van der Waals surface area (Å²) in [6, 6.07) is 0.937. The lowest BCUT2D eigenvalue weighted by Crippen LogP contribution is -2.39. The zero-order valence-electron chi connectivity index (χ0n) is 16.7. The number of amides is 1. The van der Waals surface area contributed by atoms with E-state index in [1.807, 2.05) is 4.68 Å². The summed E-state index contributed by atoms with van der Waals surface area (Å²) in [6.07, 6.45) is 4.73. The van der Waals surface area contributed by atoms with E-state index in [2.05, 4.69) is 53.0 Å².